The molecule has 0 spiro atoms. The molecule has 2 rings (SSSR count). The Kier molecular flexibility index (Phi) is 4.32. The molecule has 1 fully saturated rings. The van der Waals surface area contributed by atoms with Crippen molar-refractivity contribution in [3.05, 3.63) is 35.1 Å². The highest BCUT2D eigenvalue weighted by molar-refractivity contribution is 6.01. The highest BCUT2D eigenvalue weighted by atomic mass is 19.1. The van der Waals surface area contributed by atoms with Crippen molar-refractivity contribution in [1.29, 1.82) is 0 Å². The van der Waals surface area contributed by atoms with Gasteiger partial charge in [0, 0.05) is 12.1 Å². The maximum absolute atomic E-state index is 13.1. The van der Waals surface area contributed by atoms with Crippen molar-refractivity contribution in [2.24, 2.45) is 0 Å². The fourth-order valence-electron chi connectivity index (χ4n) is 2.64. The van der Waals surface area contributed by atoms with E-state index in [1.165, 1.54) is 12.1 Å². The number of halogens is 1. The topological polar surface area (TPSA) is 23.6 Å². The molecule has 1 aromatic carbocycles. The lowest BCUT2D eigenvalue weighted by atomic mass is 9.98. The van der Waals surface area contributed by atoms with E-state index in [1.54, 1.807) is 13.0 Å². The highest BCUT2D eigenvalue weighted by Gasteiger charge is 2.28. The molecule has 1 saturated heterocycles. The van der Waals surface area contributed by atoms with Crippen molar-refractivity contribution in [3.8, 4) is 0 Å². The molecule has 1 heterocycles. The maximum Gasteiger partial charge on any atom is 0.181 e. The van der Waals surface area contributed by atoms with Crippen LogP contribution in [0.5, 0.6) is 0 Å². The van der Waals surface area contributed by atoms with Gasteiger partial charge in [-0.2, -0.15) is 0 Å². The molecule has 1 atom stereocenters. The molecule has 0 amide bonds. The molecule has 1 aromatic rings. The summed E-state index contributed by atoms with van der Waals surface area (Å²) in [6.45, 7) is 4.44. The van der Waals surface area contributed by atoms with Crippen molar-refractivity contribution in [2.45, 2.75) is 19.4 Å². The maximum atomic E-state index is 13.1. The zero-order chi connectivity index (χ0) is 14.0. The van der Waals surface area contributed by atoms with E-state index in [0.29, 0.717) is 11.1 Å². The molecule has 0 saturated carbocycles. The van der Waals surface area contributed by atoms with Gasteiger partial charge in [-0.15, -0.1) is 0 Å². The lowest BCUT2D eigenvalue weighted by Gasteiger charge is -2.26. The third-order valence-corrected chi connectivity index (χ3v) is 3.82. The van der Waals surface area contributed by atoms with Gasteiger partial charge in [-0.05, 0) is 64.3 Å². The summed E-state index contributed by atoms with van der Waals surface area (Å²) in [7, 11) is 4.03. The van der Waals surface area contributed by atoms with Gasteiger partial charge in [0.05, 0.1) is 6.04 Å². The van der Waals surface area contributed by atoms with Crippen LogP contribution in [0.2, 0.25) is 0 Å². The molecule has 1 unspecified atom stereocenters. The minimum atomic E-state index is -0.291. The van der Waals surface area contributed by atoms with Crippen LogP contribution in [0.4, 0.5) is 4.39 Å². The van der Waals surface area contributed by atoms with Gasteiger partial charge in [0.15, 0.2) is 5.78 Å². The molecular formula is C15H21FN2O. The van der Waals surface area contributed by atoms with Crippen LogP contribution in [0.15, 0.2) is 18.2 Å². The molecular weight excluding hydrogens is 243 g/mol. The van der Waals surface area contributed by atoms with E-state index in [2.05, 4.69) is 9.80 Å². The summed E-state index contributed by atoms with van der Waals surface area (Å²) in [6.07, 6.45) is 1.07. The number of carbonyl (C=O) groups excluding carboxylic acids is 1. The number of carbonyl (C=O) groups is 1. The zero-order valence-electron chi connectivity index (χ0n) is 11.8. The smallest absolute Gasteiger partial charge is 0.181 e. The van der Waals surface area contributed by atoms with Crippen LogP contribution in [0.1, 0.15) is 22.3 Å². The van der Waals surface area contributed by atoms with Crippen LogP contribution in [0.25, 0.3) is 0 Å². The Morgan fingerprint density at radius 3 is 2.74 bits per heavy atom. The summed E-state index contributed by atoms with van der Waals surface area (Å²) >= 11 is 0. The molecule has 104 valence electrons. The summed E-state index contributed by atoms with van der Waals surface area (Å²) in [4.78, 5) is 16.9. The summed E-state index contributed by atoms with van der Waals surface area (Å²) in [6, 6.07) is 4.25. The summed E-state index contributed by atoms with van der Waals surface area (Å²) in [5.74, 6) is -0.200. The molecule has 0 N–H and O–H groups in total. The van der Waals surface area contributed by atoms with Crippen LogP contribution >= 0.6 is 0 Å². The van der Waals surface area contributed by atoms with Gasteiger partial charge in [0.1, 0.15) is 5.82 Å². The average molecular weight is 264 g/mol. The number of nitrogens with zero attached hydrogens (tertiary/aromatic N) is 2. The molecule has 0 radical (unpaired) electrons. The Balaban J connectivity index is 2.26. The molecule has 0 bridgehead atoms. The van der Waals surface area contributed by atoms with Crippen molar-refractivity contribution < 1.29 is 9.18 Å². The number of ketones is 1. The van der Waals surface area contributed by atoms with Gasteiger partial charge in [-0.25, -0.2) is 4.39 Å². The second-order valence-corrected chi connectivity index (χ2v) is 5.44. The molecule has 4 heteroatoms. The van der Waals surface area contributed by atoms with Gasteiger partial charge >= 0.3 is 0 Å². The lowest BCUT2D eigenvalue weighted by Crippen LogP contribution is -2.43. The number of hydrogen-bond acceptors (Lipinski definition) is 3. The Bertz CT molecular complexity index is 475. The molecule has 3 nitrogen and oxygen atoms in total. The minimum absolute atomic E-state index is 0.0914. The second-order valence-electron chi connectivity index (χ2n) is 5.44. The quantitative estimate of drug-likeness (QED) is 0.763. The number of likely N-dealkylation sites (N-methyl/N-ethyl adjacent to an activating group) is 2. The van der Waals surface area contributed by atoms with Gasteiger partial charge in [-0.1, -0.05) is 0 Å². The Labute approximate surface area is 114 Å². The SMILES string of the molecule is Cc1cc(F)ccc1C(=O)C1CN(C)CCCN1C. The monoisotopic (exact) mass is 264 g/mol. The first-order chi connectivity index (χ1) is 8.99. The number of aryl methyl sites for hydroxylation is 1. The molecule has 0 aromatic heterocycles. The Morgan fingerprint density at radius 2 is 2.05 bits per heavy atom. The van der Waals surface area contributed by atoms with Gasteiger partial charge < -0.3 is 4.90 Å². The van der Waals surface area contributed by atoms with E-state index in [9.17, 15) is 9.18 Å². The summed E-state index contributed by atoms with van der Waals surface area (Å²) < 4.78 is 13.1. The largest absolute Gasteiger partial charge is 0.304 e. The Hall–Kier alpha value is -1.26. The molecule has 1 aliphatic rings. The predicted molar refractivity (Wildman–Crippen MR) is 74.0 cm³/mol. The second kappa shape index (κ2) is 5.80. The predicted octanol–water partition coefficient (Wildman–Crippen LogP) is 1.95. The van der Waals surface area contributed by atoms with E-state index in [-0.39, 0.29) is 17.6 Å². The average Bonchev–Trinajstić information content (AvgIpc) is 2.50. The first-order valence-corrected chi connectivity index (χ1v) is 6.68. The van der Waals surface area contributed by atoms with E-state index in [4.69, 9.17) is 0 Å². The molecule has 0 aliphatic carbocycles. The first kappa shape index (κ1) is 14.2. The third-order valence-electron chi connectivity index (χ3n) is 3.82. The van der Waals surface area contributed by atoms with Crippen LogP contribution in [0, 0.1) is 12.7 Å². The zero-order valence-corrected chi connectivity index (χ0v) is 11.8. The Morgan fingerprint density at radius 1 is 1.32 bits per heavy atom. The number of hydrogen-bond donors (Lipinski definition) is 0. The molecule has 19 heavy (non-hydrogen) atoms. The normalized spacial score (nSPS) is 22.2. The van der Waals surface area contributed by atoms with E-state index >= 15 is 0 Å². The third kappa shape index (κ3) is 3.19. The fourth-order valence-corrected chi connectivity index (χ4v) is 2.64. The standard InChI is InChI=1S/C15H21FN2O/c1-11-9-12(16)5-6-13(11)15(19)14-10-17(2)7-4-8-18(14)3/h5-6,9,14H,4,7-8,10H2,1-3H3. The number of rotatable bonds is 2. The van der Waals surface area contributed by atoms with Crippen molar-refractivity contribution >= 4 is 5.78 Å². The highest BCUT2D eigenvalue weighted by Crippen LogP contribution is 2.17. The number of Topliss-reactive ketones (excluding diaryl/α,β-unsaturated/α-hetero) is 1. The van der Waals surface area contributed by atoms with Crippen molar-refractivity contribution in [2.75, 3.05) is 33.7 Å². The lowest BCUT2D eigenvalue weighted by molar-refractivity contribution is 0.0839. The van der Waals surface area contributed by atoms with E-state index in [0.717, 1.165) is 26.1 Å². The van der Waals surface area contributed by atoms with Crippen LogP contribution in [-0.2, 0) is 0 Å². The summed E-state index contributed by atoms with van der Waals surface area (Å²) in [5, 5.41) is 0. The van der Waals surface area contributed by atoms with E-state index in [1.807, 2.05) is 14.1 Å². The minimum Gasteiger partial charge on any atom is -0.304 e. The first-order valence-electron chi connectivity index (χ1n) is 6.68. The fraction of sp³-hybridized carbons (Fsp3) is 0.533. The van der Waals surface area contributed by atoms with Gasteiger partial charge in [0.2, 0.25) is 0 Å². The van der Waals surface area contributed by atoms with E-state index < -0.39 is 0 Å². The van der Waals surface area contributed by atoms with Crippen molar-refractivity contribution in [3.63, 3.8) is 0 Å². The van der Waals surface area contributed by atoms with Crippen molar-refractivity contribution in [1.82, 2.24) is 9.80 Å². The van der Waals surface area contributed by atoms with Crippen LogP contribution in [-0.4, -0.2) is 55.4 Å². The van der Waals surface area contributed by atoms with Gasteiger partial charge in [-0.3, -0.25) is 9.69 Å². The van der Waals surface area contributed by atoms with Crippen LogP contribution in [0.3, 0.4) is 0 Å². The summed E-state index contributed by atoms with van der Waals surface area (Å²) in [5.41, 5.74) is 1.35. The van der Waals surface area contributed by atoms with Crippen LogP contribution < -0.4 is 0 Å². The molecule has 1 aliphatic heterocycles. The van der Waals surface area contributed by atoms with Gasteiger partial charge in [0.25, 0.3) is 0 Å². The number of benzene rings is 1.